The van der Waals surface area contributed by atoms with Crippen molar-refractivity contribution < 1.29 is 28.4 Å². The second-order valence-corrected chi connectivity index (χ2v) is 3.82. The molecule has 0 aliphatic heterocycles. The number of esters is 1. The van der Waals surface area contributed by atoms with E-state index >= 15 is 0 Å². The van der Waals surface area contributed by atoms with E-state index in [0.29, 0.717) is 0 Å². The van der Waals surface area contributed by atoms with E-state index in [2.05, 4.69) is 11.1 Å². The summed E-state index contributed by atoms with van der Waals surface area (Å²) in [6.45, 7) is 3.19. The molecule has 0 radical (unpaired) electrons. The molecule has 0 atom stereocenters. The third-order valence-corrected chi connectivity index (χ3v) is 1.88. The molecule has 0 bridgehead atoms. The fourth-order valence-corrected chi connectivity index (χ4v) is 1.30. The molecule has 0 amide bonds. The summed E-state index contributed by atoms with van der Waals surface area (Å²) in [7, 11) is -4.68. The van der Waals surface area contributed by atoms with Crippen molar-refractivity contribution >= 4 is 13.8 Å². The summed E-state index contributed by atoms with van der Waals surface area (Å²) in [5.41, 5.74) is 0. The minimum Gasteiger partial charge on any atom is -0.419 e. The second kappa shape index (κ2) is 4.94. The number of rotatable bonds is 4. The molecule has 1 aromatic carbocycles. The van der Waals surface area contributed by atoms with Gasteiger partial charge in [0.2, 0.25) is 0 Å². The lowest BCUT2D eigenvalue weighted by Gasteiger charge is -2.10. The number of ether oxygens (including phenoxy) is 1. The SMILES string of the molecule is C=CC(=O)Oc1ccccc1OP(=O)(O)O. The molecule has 6 nitrogen and oxygen atoms in total. The van der Waals surface area contributed by atoms with Crippen LogP contribution in [-0.2, 0) is 9.36 Å². The lowest BCUT2D eigenvalue weighted by molar-refractivity contribution is -0.129. The minimum absolute atomic E-state index is 0.0873. The Labute approximate surface area is 91.4 Å². The van der Waals surface area contributed by atoms with Gasteiger partial charge in [0.25, 0.3) is 0 Å². The Hall–Kier alpha value is -1.62. The standard InChI is InChI=1S/C9H9O6P/c1-2-9(10)14-7-5-3-4-6-8(7)15-16(11,12)13/h2-6H,1H2,(H2,11,12,13). The van der Waals surface area contributed by atoms with Gasteiger partial charge in [0.1, 0.15) is 0 Å². The summed E-state index contributed by atoms with van der Waals surface area (Å²) < 4.78 is 19.7. The third-order valence-electron chi connectivity index (χ3n) is 1.44. The smallest absolute Gasteiger partial charge is 0.419 e. The van der Waals surface area contributed by atoms with Crippen molar-refractivity contribution in [2.24, 2.45) is 0 Å². The summed E-state index contributed by atoms with van der Waals surface area (Å²) in [4.78, 5) is 28.1. The van der Waals surface area contributed by atoms with Gasteiger partial charge in [0, 0.05) is 6.08 Å². The van der Waals surface area contributed by atoms with Gasteiger partial charge in [-0.25, -0.2) is 9.36 Å². The maximum Gasteiger partial charge on any atom is 0.524 e. The molecule has 0 fully saturated rings. The maximum atomic E-state index is 10.9. The highest BCUT2D eigenvalue weighted by Crippen LogP contribution is 2.41. The first-order valence-electron chi connectivity index (χ1n) is 4.11. The molecule has 0 aliphatic rings. The van der Waals surface area contributed by atoms with Crippen LogP contribution in [0.2, 0.25) is 0 Å². The molecule has 0 unspecified atom stereocenters. The summed E-state index contributed by atoms with van der Waals surface area (Å²) in [5, 5.41) is 0. The molecule has 0 heterocycles. The van der Waals surface area contributed by atoms with Gasteiger partial charge in [-0.2, -0.15) is 0 Å². The predicted octanol–water partition coefficient (Wildman–Crippen LogP) is 1.25. The van der Waals surface area contributed by atoms with Crippen LogP contribution in [0, 0.1) is 0 Å². The number of phosphoric acid groups is 1. The first-order valence-corrected chi connectivity index (χ1v) is 5.64. The molecule has 0 aromatic heterocycles. The number of para-hydroxylation sites is 2. The Morgan fingerprint density at radius 3 is 2.38 bits per heavy atom. The first kappa shape index (κ1) is 12.4. The number of carbonyl (C=O) groups is 1. The molecule has 16 heavy (non-hydrogen) atoms. The molecule has 86 valence electrons. The highest BCUT2D eigenvalue weighted by atomic mass is 31.2. The average Bonchev–Trinajstić information content (AvgIpc) is 2.18. The molecule has 0 saturated carbocycles. The number of phosphoric ester groups is 1. The van der Waals surface area contributed by atoms with Crippen LogP contribution in [0.4, 0.5) is 0 Å². The number of carbonyl (C=O) groups excluding carboxylic acids is 1. The topological polar surface area (TPSA) is 93.1 Å². The van der Waals surface area contributed by atoms with E-state index in [-0.39, 0.29) is 11.5 Å². The highest BCUT2D eigenvalue weighted by molar-refractivity contribution is 7.46. The number of benzene rings is 1. The molecule has 2 N–H and O–H groups in total. The molecule has 0 aliphatic carbocycles. The monoisotopic (exact) mass is 244 g/mol. The Bertz CT molecular complexity index is 449. The van der Waals surface area contributed by atoms with Crippen molar-refractivity contribution in [2.45, 2.75) is 0 Å². The molecule has 0 spiro atoms. The van der Waals surface area contributed by atoms with Gasteiger partial charge in [-0.05, 0) is 12.1 Å². The minimum atomic E-state index is -4.68. The Kier molecular flexibility index (Phi) is 3.84. The van der Waals surface area contributed by atoms with Crippen molar-refractivity contribution in [2.75, 3.05) is 0 Å². The fourth-order valence-electron chi connectivity index (χ4n) is 0.888. The molecule has 0 saturated heterocycles. The quantitative estimate of drug-likeness (QED) is 0.358. The van der Waals surface area contributed by atoms with Crippen LogP contribution in [0.25, 0.3) is 0 Å². The zero-order chi connectivity index (χ0) is 12.2. The van der Waals surface area contributed by atoms with Crippen LogP contribution < -0.4 is 9.26 Å². The van der Waals surface area contributed by atoms with Crippen LogP contribution in [-0.4, -0.2) is 15.8 Å². The van der Waals surface area contributed by atoms with Gasteiger partial charge in [-0.3, -0.25) is 9.79 Å². The average molecular weight is 244 g/mol. The lowest BCUT2D eigenvalue weighted by atomic mass is 10.3. The van der Waals surface area contributed by atoms with Crippen LogP contribution in [0.5, 0.6) is 11.5 Å². The van der Waals surface area contributed by atoms with E-state index in [9.17, 15) is 9.36 Å². The van der Waals surface area contributed by atoms with Crippen molar-refractivity contribution in [3.63, 3.8) is 0 Å². The van der Waals surface area contributed by atoms with Gasteiger partial charge in [-0.1, -0.05) is 18.7 Å². The maximum absolute atomic E-state index is 10.9. The van der Waals surface area contributed by atoms with Crippen molar-refractivity contribution in [3.8, 4) is 11.5 Å². The van der Waals surface area contributed by atoms with E-state index in [1.165, 1.54) is 24.3 Å². The zero-order valence-corrected chi connectivity index (χ0v) is 8.96. The zero-order valence-electron chi connectivity index (χ0n) is 8.07. The van der Waals surface area contributed by atoms with Crippen molar-refractivity contribution in [1.29, 1.82) is 0 Å². The lowest BCUT2D eigenvalue weighted by Crippen LogP contribution is -2.04. The fraction of sp³-hybridized carbons (Fsp3) is 0. The van der Waals surface area contributed by atoms with Crippen molar-refractivity contribution in [1.82, 2.24) is 0 Å². The normalized spacial score (nSPS) is 10.6. The van der Waals surface area contributed by atoms with Crippen LogP contribution in [0.3, 0.4) is 0 Å². The van der Waals surface area contributed by atoms with E-state index in [1.807, 2.05) is 0 Å². The molecular weight excluding hydrogens is 235 g/mol. The highest BCUT2D eigenvalue weighted by Gasteiger charge is 2.19. The number of hydrogen-bond acceptors (Lipinski definition) is 4. The summed E-state index contributed by atoms with van der Waals surface area (Å²) in [5.74, 6) is -1.05. The Balaban J connectivity index is 2.96. The van der Waals surface area contributed by atoms with E-state index in [1.54, 1.807) is 0 Å². The van der Waals surface area contributed by atoms with Gasteiger partial charge < -0.3 is 9.26 Å². The summed E-state index contributed by atoms with van der Waals surface area (Å²) in [6.07, 6.45) is 0.925. The van der Waals surface area contributed by atoms with Crippen LogP contribution in [0.1, 0.15) is 0 Å². The first-order chi connectivity index (χ1) is 7.42. The van der Waals surface area contributed by atoms with Gasteiger partial charge in [0.05, 0.1) is 0 Å². The van der Waals surface area contributed by atoms with Gasteiger partial charge in [-0.15, -0.1) is 0 Å². The summed E-state index contributed by atoms with van der Waals surface area (Å²) >= 11 is 0. The van der Waals surface area contributed by atoms with E-state index in [4.69, 9.17) is 14.5 Å². The summed E-state index contributed by atoms with van der Waals surface area (Å²) in [6, 6.07) is 5.62. The van der Waals surface area contributed by atoms with Crippen LogP contribution in [0.15, 0.2) is 36.9 Å². The number of hydrogen-bond donors (Lipinski definition) is 2. The molecular formula is C9H9O6P. The predicted molar refractivity (Wildman–Crippen MR) is 54.9 cm³/mol. The third kappa shape index (κ3) is 3.86. The molecule has 1 aromatic rings. The van der Waals surface area contributed by atoms with Gasteiger partial charge in [0.15, 0.2) is 11.5 Å². The van der Waals surface area contributed by atoms with E-state index in [0.717, 1.165) is 6.08 Å². The Morgan fingerprint density at radius 1 is 1.31 bits per heavy atom. The molecule has 1 rings (SSSR count). The largest absolute Gasteiger partial charge is 0.524 e. The van der Waals surface area contributed by atoms with E-state index < -0.39 is 13.8 Å². The Morgan fingerprint density at radius 2 is 1.88 bits per heavy atom. The van der Waals surface area contributed by atoms with Crippen LogP contribution >= 0.6 is 7.82 Å². The van der Waals surface area contributed by atoms with Crippen molar-refractivity contribution in [3.05, 3.63) is 36.9 Å². The second-order valence-electron chi connectivity index (χ2n) is 2.65. The van der Waals surface area contributed by atoms with Gasteiger partial charge >= 0.3 is 13.8 Å². The molecule has 7 heteroatoms.